The van der Waals surface area contributed by atoms with Crippen LogP contribution in [0, 0.1) is 0 Å². The van der Waals surface area contributed by atoms with Crippen LogP contribution in [0.3, 0.4) is 0 Å². The molecule has 7 heteroatoms. The highest BCUT2D eigenvalue weighted by Gasteiger charge is 2.25. The Kier molecular flexibility index (Phi) is 5.12. The number of pyridine rings is 1. The molecule has 2 heterocycles. The second kappa shape index (κ2) is 8.39. The molecule has 3 N–H and O–H groups in total. The van der Waals surface area contributed by atoms with Crippen molar-refractivity contribution < 1.29 is 14.1 Å². The summed E-state index contributed by atoms with van der Waals surface area (Å²) in [7, 11) is 0. The van der Waals surface area contributed by atoms with Gasteiger partial charge in [-0.15, -0.1) is 0 Å². The van der Waals surface area contributed by atoms with Crippen LogP contribution in [0.4, 0.5) is 5.88 Å². The highest BCUT2D eigenvalue weighted by atomic mass is 16.5. The van der Waals surface area contributed by atoms with Gasteiger partial charge in [-0.05, 0) is 35.0 Å². The van der Waals surface area contributed by atoms with E-state index in [1.54, 1.807) is 48.8 Å². The van der Waals surface area contributed by atoms with Gasteiger partial charge in [0.2, 0.25) is 11.8 Å². The largest absolute Gasteiger partial charge is 0.366 e. The Labute approximate surface area is 188 Å². The van der Waals surface area contributed by atoms with Crippen LogP contribution in [0.5, 0.6) is 0 Å². The molecule has 5 aromatic rings. The van der Waals surface area contributed by atoms with Gasteiger partial charge in [-0.1, -0.05) is 59.8 Å². The zero-order valence-corrected chi connectivity index (χ0v) is 17.4. The zero-order valence-electron chi connectivity index (χ0n) is 17.4. The van der Waals surface area contributed by atoms with E-state index < -0.39 is 5.91 Å². The van der Waals surface area contributed by atoms with E-state index in [9.17, 15) is 9.59 Å². The monoisotopic (exact) mass is 434 g/mol. The Morgan fingerprint density at radius 1 is 0.848 bits per heavy atom. The van der Waals surface area contributed by atoms with E-state index in [-0.39, 0.29) is 17.4 Å². The molecule has 0 saturated heterocycles. The number of rotatable bonds is 5. The van der Waals surface area contributed by atoms with Gasteiger partial charge in [-0.3, -0.25) is 19.9 Å². The Morgan fingerprint density at radius 2 is 1.61 bits per heavy atom. The average molecular weight is 434 g/mol. The molecule has 0 spiro atoms. The van der Waals surface area contributed by atoms with Crippen LogP contribution in [0.15, 0.2) is 95.8 Å². The van der Waals surface area contributed by atoms with Crippen LogP contribution in [0.25, 0.3) is 33.2 Å². The van der Waals surface area contributed by atoms with Crippen LogP contribution < -0.4 is 11.1 Å². The molecule has 7 nitrogen and oxygen atoms in total. The number of nitrogens with two attached hydrogens (primary N) is 1. The minimum absolute atomic E-state index is 0.112. The molecule has 0 aliphatic rings. The van der Waals surface area contributed by atoms with Gasteiger partial charge in [0, 0.05) is 34.6 Å². The van der Waals surface area contributed by atoms with Crippen LogP contribution in [0.1, 0.15) is 20.7 Å². The molecular weight excluding hydrogens is 416 g/mol. The summed E-state index contributed by atoms with van der Waals surface area (Å²) in [6.07, 6.45) is 3.27. The number of primary amides is 1. The number of anilines is 1. The minimum atomic E-state index is -0.602. The number of amides is 2. The van der Waals surface area contributed by atoms with Crippen LogP contribution in [-0.2, 0) is 0 Å². The first-order chi connectivity index (χ1) is 16.1. The first-order valence-corrected chi connectivity index (χ1v) is 10.2. The number of hydrogen-bond donors (Lipinski definition) is 2. The third-order valence-corrected chi connectivity index (χ3v) is 5.35. The first-order valence-electron chi connectivity index (χ1n) is 10.2. The van der Waals surface area contributed by atoms with E-state index in [2.05, 4.69) is 15.5 Å². The maximum Gasteiger partial charge on any atom is 0.258 e. The van der Waals surface area contributed by atoms with E-state index in [0.29, 0.717) is 27.9 Å². The lowest BCUT2D eigenvalue weighted by Gasteiger charge is -2.10. The van der Waals surface area contributed by atoms with E-state index in [0.717, 1.165) is 10.8 Å². The van der Waals surface area contributed by atoms with Gasteiger partial charge >= 0.3 is 0 Å². The van der Waals surface area contributed by atoms with Gasteiger partial charge in [0.15, 0.2) is 0 Å². The van der Waals surface area contributed by atoms with Crippen molar-refractivity contribution in [3.05, 3.63) is 102 Å². The highest BCUT2D eigenvalue weighted by Crippen LogP contribution is 2.39. The molecule has 0 unspecified atom stereocenters. The molecule has 0 bridgehead atoms. The summed E-state index contributed by atoms with van der Waals surface area (Å²) in [5.74, 6) is -0.853. The van der Waals surface area contributed by atoms with Gasteiger partial charge in [-0.2, -0.15) is 0 Å². The Balaban J connectivity index is 1.65. The van der Waals surface area contributed by atoms with Crippen molar-refractivity contribution in [3.63, 3.8) is 0 Å². The topological polar surface area (TPSA) is 111 Å². The van der Waals surface area contributed by atoms with Gasteiger partial charge in [0.1, 0.15) is 5.69 Å². The predicted octanol–water partition coefficient (Wildman–Crippen LogP) is 4.91. The third kappa shape index (κ3) is 3.72. The second-order valence-electron chi connectivity index (χ2n) is 7.37. The third-order valence-electron chi connectivity index (χ3n) is 5.35. The summed E-state index contributed by atoms with van der Waals surface area (Å²) in [5.41, 5.74) is 8.45. The lowest BCUT2D eigenvalue weighted by atomic mass is 9.96. The molecule has 3 aromatic carbocycles. The fourth-order valence-electron chi connectivity index (χ4n) is 3.84. The van der Waals surface area contributed by atoms with Crippen molar-refractivity contribution in [2.24, 2.45) is 5.73 Å². The lowest BCUT2D eigenvalue weighted by Crippen LogP contribution is -2.14. The number of nitrogens with one attached hydrogen (secondary N) is 1. The number of carbonyl (C=O) groups excluding carboxylic acids is 2. The summed E-state index contributed by atoms with van der Waals surface area (Å²) in [4.78, 5) is 29.6. The maximum absolute atomic E-state index is 13.3. The molecule has 0 aliphatic heterocycles. The molecule has 5 rings (SSSR count). The van der Waals surface area contributed by atoms with Gasteiger partial charge in [0.05, 0.1) is 5.56 Å². The molecule has 33 heavy (non-hydrogen) atoms. The van der Waals surface area contributed by atoms with Crippen molar-refractivity contribution >= 4 is 28.5 Å². The van der Waals surface area contributed by atoms with Crippen LogP contribution >= 0.6 is 0 Å². The van der Waals surface area contributed by atoms with Crippen molar-refractivity contribution in [2.75, 3.05) is 5.32 Å². The summed E-state index contributed by atoms with van der Waals surface area (Å²) in [5, 5.41) is 8.78. The molecule has 0 radical (unpaired) electrons. The van der Waals surface area contributed by atoms with E-state index in [1.807, 2.05) is 42.5 Å². The Hall–Kier alpha value is -4.78. The van der Waals surface area contributed by atoms with E-state index in [1.165, 1.54) is 0 Å². The quantitative estimate of drug-likeness (QED) is 0.408. The number of carbonyl (C=O) groups is 2. The van der Waals surface area contributed by atoms with Crippen molar-refractivity contribution in [2.45, 2.75) is 0 Å². The van der Waals surface area contributed by atoms with Crippen molar-refractivity contribution in [3.8, 4) is 22.4 Å². The predicted molar refractivity (Wildman–Crippen MR) is 126 cm³/mol. The number of hydrogen-bond acceptors (Lipinski definition) is 5. The molecular formula is C26H18N4O3. The molecule has 0 fully saturated rings. The van der Waals surface area contributed by atoms with E-state index >= 15 is 0 Å². The molecule has 2 aromatic heterocycles. The SMILES string of the molecule is NC(=O)c1ccccc1-c1c(-c2cccnc2)noc1NC(=O)c1cccc2ccccc12. The average Bonchev–Trinajstić information content (AvgIpc) is 3.27. The van der Waals surface area contributed by atoms with Crippen molar-refractivity contribution in [1.29, 1.82) is 0 Å². The standard InChI is InChI=1S/C26H18N4O3/c27-24(31)20-12-4-3-11-19(20)22-23(17-9-6-14-28-15-17)30-33-26(22)29-25(32)21-13-5-8-16-7-1-2-10-18(16)21/h1-15H,(H2,27,31)(H,29,32). The zero-order chi connectivity index (χ0) is 22.8. The maximum atomic E-state index is 13.3. The summed E-state index contributed by atoms with van der Waals surface area (Å²) >= 11 is 0. The minimum Gasteiger partial charge on any atom is -0.366 e. The smallest absolute Gasteiger partial charge is 0.258 e. The van der Waals surface area contributed by atoms with Crippen LogP contribution in [-0.4, -0.2) is 22.0 Å². The molecule has 160 valence electrons. The van der Waals surface area contributed by atoms with Gasteiger partial charge in [0.25, 0.3) is 5.91 Å². The van der Waals surface area contributed by atoms with E-state index in [4.69, 9.17) is 10.3 Å². The summed E-state index contributed by atoms with van der Waals surface area (Å²) in [6, 6.07) is 23.6. The lowest BCUT2D eigenvalue weighted by molar-refractivity contribution is 0.0998. The van der Waals surface area contributed by atoms with Crippen LogP contribution in [0.2, 0.25) is 0 Å². The Morgan fingerprint density at radius 3 is 2.42 bits per heavy atom. The second-order valence-corrected chi connectivity index (χ2v) is 7.37. The van der Waals surface area contributed by atoms with Gasteiger partial charge in [-0.25, -0.2) is 0 Å². The molecule has 2 amide bonds. The highest BCUT2D eigenvalue weighted by molar-refractivity contribution is 6.14. The van der Waals surface area contributed by atoms with Crippen molar-refractivity contribution in [1.82, 2.24) is 10.1 Å². The number of aromatic nitrogens is 2. The number of benzene rings is 3. The summed E-state index contributed by atoms with van der Waals surface area (Å²) < 4.78 is 5.58. The fraction of sp³-hybridized carbons (Fsp3) is 0. The molecule has 0 aliphatic carbocycles. The number of fused-ring (bicyclic) bond motifs is 1. The fourth-order valence-corrected chi connectivity index (χ4v) is 3.84. The first kappa shape index (κ1) is 20.1. The molecule has 0 atom stereocenters. The number of nitrogens with zero attached hydrogens (tertiary/aromatic N) is 2. The molecule has 0 saturated carbocycles. The summed E-state index contributed by atoms with van der Waals surface area (Å²) in [6.45, 7) is 0. The normalized spacial score (nSPS) is 10.8. The van der Waals surface area contributed by atoms with Gasteiger partial charge < -0.3 is 10.3 Å². The Bertz CT molecular complexity index is 1490.